The molecule has 6 heteroatoms. The van der Waals surface area contributed by atoms with Gasteiger partial charge in [0.1, 0.15) is 0 Å². The summed E-state index contributed by atoms with van der Waals surface area (Å²) in [7, 11) is -3.18. The zero-order valence-electron chi connectivity index (χ0n) is 11.2. The van der Waals surface area contributed by atoms with Crippen LogP contribution in [-0.2, 0) is 16.4 Å². The van der Waals surface area contributed by atoms with Crippen molar-refractivity contribution < 1.29 is 8.42 Å². The highest BCUT2D eigenvalue weighted by Gasteiger charge is 2.08. The van der Waals surface area contributed by atoms with Crippen molar-refractivity contribution in [2.45, 2.75) is 19.8 Å². The number of hydrogen-bond donors (Lipinski definition) is 2. The molecule has 19 heavy (non-hydrogen) atoms. The van der Waals surface area contributed by atoms with Crippen LogP contribution in [0.15, 0.2) is 24.3 Å². The minimum atomic E-state index is -3.18. The van der Waals surface area contributed by atoms with Crippen LogP contribution >= 0.6 is 11.6 Å². The lowest BCUT2D eigenvalue weighted by Gasteiger charge is -2.07. The third-order valence-corrected chi connectivity index (χ3v) is 4.26. The van der Waals surface area contributed by atoms with Crippen LogP contribution in [0.3, 0.4) is 0 Å². The van der Waals surface area contributed by atoms with E-state index in [9.17, 15) is 8.42 Å². The Kier molecular flexibility index (Phi) is 7.38. The molecule has 4 nitrogen and oxygen atoms in total. The van der Waals surface area contributed by atoms with Crippen molar-refractivity contribution in [3.05, 3.63) is 34.9 Å². The van der Waals surface area contributed by atoms with Gasteiger partial charge in [0.25, 0.3) is 0 Å². The molecule has 0 aliphatic rings. The Labute approximate surface area is 120 Å². The summed E-state index contributed by atoms with van der Waals surface area (Å²) in [6.45, 7) is 3.80. The first-order valence-corrected chi connectivity index (χ1v) is 8.49. The van der Waals surface area contributed by atoms with Crippen molar-refractivity contribution in [3.8, 4) is 0 Å². The Balaban J connectivity index is 2.25. The van der Waals surface area contributed by atoms with Crippen LogP contribution < -0.4 is 10.0 Å². The van der Waals surface area contributed by atoms with E-state index < -0.39 is 10.0 Å². The molecule has 0 bridgehead atoms. The van der Waals surface area contributed by atoms with E-state index in [-0.39, 0.29) is 5.75 Å². The molecular formula is C13H21ClN2O2S. The average molecular weight is 305 g/mol. The van der Waals surface area contributed by atoms with Crippen LogP contribution in [0.5, 0.6) is 0 Å². The van der Waals surface area contributed by atoms with Crippen molar-refractivity contribution >= 4 is 21.6 Å². The highest BCUT2D eigenvalue weighted by atomic mass is 35.5. The smallest absolute Gasteiger partial charge is 0.212 e. The molecule has 0 amide bonds. The summed E-state index contributed by atoms with van der Waals surface area (Å²) in [5, 5.41) is 3.76. The normalized spacial score (nSPS) is 11.7. The van der Waals surface area contributed by atoms with E-state index in [1.165, 1.54) is 0 Å². The van der Waals surface area contributed by atoms with E-state index in [0.717, 1.165) is 18.5 Å². The molecule has 0 fully saturated rings. The lowest BCUT2D eigenvalue weighted by molar-refractivity contribution is 0.576. The number of hydrogen-bond acceptors (Lipinski definition) is 3. The molecule has 0 aliphatic heterocycles. The Morgan fingerprint density at radius 3 is 2.42 bits per heavy atom. The molecule has 0 atom stereocenters. The molecule has 0 saturated heterocycles. The fourth-order valence-corrected chi connectivity index (χ4v) is 2.68. The van der Waals surface area contributed by atoms with E-state index in [2.05, 4.69) is 10.0 Å². The van der Waals surface area contributed by atoms with Crippen LogP contribution in [0.2, 0.25) is 5.02 Å². The molecule has 1 aromatic rings. The minimum absolute atomic E-state index is 0.119. The highest BCUT2D eigenvalue weighted by molar-refractivity contribution is 7.89. The monoisotopic (exact) mass is 304 g/mol. The third kappa shape index (κ3) is 7.52. The average Bonchev–Trinajstić information content (AvgIpc) is 2.37. The lowest BCUT2D eigenvalue weighted by atomic mass is 10.2. The number of halogens is 1. The van der Waals surface area contributed by atoms with Gasteiger partial charge in [-0.05, 0) is 37.1 Å². The van der Waals surface area contributed by atoms with E-state index in [1.807, 2.05) is 19.1 Å². The SMILES string of the molecule is CCCNCCS(=O)(=O)NCCc1ccc(Cl)cc1. The second-order valence-electron chi connectivity index (χ2n) is 4.34. The summed E-state index contributed by atoms with van der Waals surface area (Å²) in [5.74, 6) is 0.119. The predicted molar refractivity (Wildman–Crippen MR) is 80.1 cm³/mol. The molecule has 2 N–H and O–H groups in total. The molecule has 0 unspecified atom stereocenters. The fraction of sp³-hybridized carbons (Fsp3) is 0.538. The zero-order valence-corrected chi connectivity index (χ0v) is 12.7. The molecular weight excluding hydrogens is 284 g/mol. The summed E-state index contributed by atoms with van der Waals surface area (Å²) in [5.41, 5.74) is 1.07. The standard InChI is InChI=1S/C13H21ClN2O2S/c1-2-8-15-10-11-19(17,18)16-9-7-12-3-5-13(14)6-4-12/h3-6,15-16H,2,7-11H2,1H3. The fourth-order valence-electron chi connectivity index (χ4n) is 1.58. The van der Waals surface area contributed by atoms with Crippen molar-refractivity contribution in [2.75, 3.05) is 25.4 Å². The summed E-state index contributed by atoms with van der Waals surface area (Å²) < 4.78 is 25.9. The van der Waals surface area contributed by atoms with Crippen LogP contribution in [0, 0.1) is 0 Å². The molecule has 0 radical (unpaired) electrons. The number of rotatable bonds is 9. The summed E-state index contributed by atoms with van der Waals surface area (Å²) >= 11 is 5.78. The van der Waals surface area contributed by atoms with Gasteiger partial charge in [0, 0.05) is 18.1 Å². The third-order valence-electron chi connectivity index (χ3n) is 2.62. The van der Waals surface area contributed by atoms with Crippen molar-refractivity contribution in [3.63, 3.8) is 0 Å². The molecule has 0 saturated carbocycles. The number of benzene rings is 1. The van der Waals surface area contributed by atoms with Crippen LogP contribution in [-0.4, -0.2) is 33.8 Å². The van der Waals surface area contributed by atoms with Gasteiger partial charge in [0.2, 0.25) is 10.0 Å². The molecule has 0 spiro atoms. The first-order chi connectivity index (χ1) is 9.03. The largest absolute Gasteiger partial charge is 0.316 e. The second-order valence-corrected chi connectivity index (χ2v) is 6.70. The maximum atomic E-state index is 11.7. The molecule has 108 valence electrons. The highest BCUT2D eigenvalue weighted by Crippen LogP contribution is 2.09. The van der Waals surface area contributed by atoms with E-state index >= 15 is 0 Å². The summed E-state index contributed by atoms with van der Waals surface area (Å²) in [6, 6.07) is 7.42. The Morgan fingerprint density at radius 1 is 1.11 bits per heavy atom. The Bertz CT molecular complexity index is 460. The van der Waals surface area contributed by atoms with Gasteiger partial charge in [-0.15, -0.1) is 0 Å². The van der Waals surface area contributed by atoms with Gasteiger partial charge in [-0.25, -0.2) is 13.1 Å². The van der Waals surface area contributed by atoms with Gasteiger partial charge in [-0.3, -0.25) is 0 Å². The van der Waals surface area contributed by atoms with Crippen molar-refractivity contribution in [1.82, 2.24) is 10.0 Å². The molecule has 0 aromatic heterocycles. The zero-order chi connectivity index (χ0) is 14.1. The van der Waals surface area contributed by atoms with Gasteiger partial charge in [-0.2, -0.15) is 0 Å². The van der Waals surface area contributed by atoms with Gasteiger partial charge in [0.05, 0.1) is 5.75 Å². The van der Waals surface area contributed by atoms with Gasteiger partial charge in [-0.1, -0.05) is 30.7 Å². The van der Waals surface area contributed by atoms with Crippen LogP contribution in [0.1, 0.15) is 18.9 Å². The lowest BCUT2D eigenvalue weighted by Crippen LogP contribution is -2.33. The molecule has 1 aromatic carbocycles. The van der Waals surface area contributed by atoms with E-state index in [0.29, 0.717) is 24.5 Å². The van der Waals surface area contributed by atoms with Crippen molar-refractivity contribution in [1.29, 1.82) is 0 Å². The predicted octanol–water partition coefficient (Wildman–Crippen LogP) is 1.80. The molecule has 1 rings (SSSR count). The topological polar surface area (TPSA) is 58.2 Å². The van der Waals surface area contributed by atoms with Gasteiger partial charge >= 0.3 is 0 Å². The van der Waals surface area contributed by atoms with E-state index in [1.54, 1.807) is 12.1 Å². The molecule has 0 aliphatic carbocycles. The summed E-state index contributed by atoms with van der Waals surface area (Å²) in [6.07, 6.45) is 1.67. The Morgan fingerprint density at radius 2 is 1.79 bits per heavy atom. The summed E-state index contributed by atoms with van der Waals surface area (Å²) in [4.78, 5) is 0. The quantitative estimate of drug-likeness (QED) is 0.684. The maximum Gasteiger partial charge on any atom is 0.212 e. The maximum absolute atomic E-state index is 11.7. The Hall–Kier alpha value is -0.620. The number of nitrogens with one attached hydrogen (secondary N) is 2. The van der Waals surface area contributed by atoms with Gasteiger partial charge in [0.15, 0.2) is 0 Å². The van der Waals surface area contributed by atoms with Crippen molar-refractivity contribution in [2.24, 2.45) is 0 Å². The van der Waals surface area contributed by atoms with Gasteiger partial charge < -0.3 is 5.32 Å². The number of sulfonamides is 1. The first kappa shape index (κ1) is 16.4. The second kappa shape index (κ2) is 8.53. The van der Waals surface area contributed by atoms with E-state index in [4.69, 9.17) is 11.6 Å². The molecule has 0 heterocycles. The van der Waals surface area contributed by atoms with Crippen LogP contribution in [0.4, 0.5) is 0 Å². The minimum Gasteiger partial charge on any atom is -0.316 e. The first-order valence-electron chi connectivity index (χ1n) is 6.46. The van der Waals surface area contributed by atoms with Crippen LogP contribution in [0.25, 0.3) is 0 Å².